The first-order valence-corrected chi connectivity index (χ1v) is 7.02. The quantitative estimate of drug-likeness (QED) is 0.849. The average molecular weight is 272 g/mol. The van der Waals surface area contributed by atoms with Gasteiger partial charge in [-0.1, -0.05) is 0 Å². The van der Waals surface area contributed by atoms with Crippen molar-refractivity contribution in [1.82, 2.24) is 4.90 Å². The predicted molar refractivity (Wildman–Crippen MR) is 71.9 cm³/mol. The number of carbonyl (C=O) groups is 1. The summed E-state index contributed by atoms with van der Waals surface area (Å²) in [6.45, 7) is 0.228. The zero-order valence-electron chi connectivity index (χ0n) is 11.5. The van der Waals surface area contributed by atoms with Gasteiger partial charge in [0.15, 0.2) is 0 Å². The number of carbonyl (C=O) groups excluding carboxylic acids is 1. The fourth-order valence-electron chi connectivity index (χ4n) is 3.33. The SMILES string of the molecule is CN(Cc1cc(C#N)ccc1F)C(=O)C1CC2CC2C1. The van der Waals surface area contributed by atoms with Crippen LogP contribution in [0, 0.1) is 34.9 Å². The maximum Gasteiger partial charge on any atom is 0.225 e. The highest BCUT2D eigenvalue weighted by Crippen LogP contribution is 2.54. The first-order valence-electron chi connectivity index (χ1n) is 7.02. The van der Waals surface area contributed by atoms with Crippen molar-refractivity contribution in [3.05, 3.63) is 35.1 Å². The van der Waals surface area contributed by atoms with E-state index in [9.17, 15) is 9.18 Å². The largest absolute Gasteiger partial charge is 0.341 e. The number of fused-ring (bicyclic) bond motifs is 1. The molecule has 2 aliphatic rings. The summed E-state index contributed by atoms with van der Waals surface area (Å²) in [5.74, 6) is 1.38. The monoisotopic (exact) mass is 272 g/mol. The lowest BCUT2D eigenvalue weighted by molar-refractivity contribution is -0.134. The van der Waals surface area contributed by atoms with Crippen LogP contribution in [-0.4, -0.2) is 17.9 Å². The molecule has 2 atom stereocenters. The minimum Gasteiger partial charge on any atom is -0.341 e. The third-order valence-electron chi connectivity index (χ3n) is 4.55. The van der Waals surface area contributed by atoms with Gasteiger partial charge in [0, 0.05) is 25.1 Å². The van der Waals surface area contributed by atoms with Crippen LogP contribution in [0.15, 0.2) is 18.2 Å². The minimum absolute atomic E-state index is 0.110. The molecule has 0 spiro atoms. The first kappa shape index (κ1) is 13.1. The van der Waals surface area contributed by atoms with Crippen LogP contribution in [0.2, 0.25) is 0 Å². The smallest absolute Gasteiger partial charge is 0.225 e. The van der Waals surface area contributed by atoms with Gasteiger partial charge in [-0.3, -0.25) is 4.79 Å². The standard InChI is InChI=1S/C16H17FN2O/c1-19(16(20)13-6-11-5-12(11)7-13)9-14-4-10(8-18)2-3-15(14)17/h2-4,11-13H,5-7,9H2,1H3. The molecule has 0 bridgehead atoms. The Morgan fingerprint density at radius 1 is 1.40 bits per heavy atom. The van der Waals surface area contributed by atoms with Gasteiger partial charge < -0.3 is 4.90 Å². The summed E-state index contributed by atoms with van der Waals surface area (Å²) >= 11 is 0. The van der Waals surface area contributed by atoms with Crippen molar-refractivity contribution in [2.24, 2.45) is 17.8 Å². The number of nitriles is 1. The van der Waals surface area contributed by atoms with Gasteiger partial charge in [0.1, 0.15) is 5.82 Å². The van der Waals surface area contributed by atoms with Crippen molar-refractivity contribution in [1.29, 1.82) is 5.26 Å². The molecular formula is C16H17FN2O. The zero-order valence-corrected chi connectivity index (χ0v) is 11.5. The molecule has 104 valence electrons. The maximum absolute atomic E-state index is 13.7. The van der Waals surface area contributed by atoms with Gasteiger partial charge in [0.25, 0.3) is 0 Å². The van der Waals surface area contributed by atoms with Crippen LogP contribution >= 0.6 is 0 Å². The average Bonchev–Trinajstić information content (AvgIpc) is 3.06. The summed E-state index contributed by atoms with van der Waals surface area (Å²) in [6, 6.07) is 6.25. The van der Waals surface area contributed by atoms with E-state index in [1.165, 1.54) is 24.6 Å². The highest BCUT2D eigenvalue weighted by atomic mass is 19.1. The first-order chi connectivity index (χ1) is 9.58. The number of rotatable bonds is 3. The van der Waals surface area contributed by atoms with Crippen LogP contribution in [0.4, 0.5) is 4.39 Å². The summed E-state index contributed by atoms with van der Waals surface area (Å²) < 4.78 is 13.7. The fourth-order valence-corrected chi connectivity index (χ4v) is 3.33. The van der Waals surface area contributed by atoms with E-state index < -0.39 is 0 Å². The summed E-state index contributed by atoms with van der Waals surface area (Å²) in [7, 11) is 1.71. The summed E-state index contributed by atoms with van der Waals surface area (Å²) in [5.41, 5.74) is 0.826. The summed E-state index contributed by atoms with van der Waals surface area (Å²) in [6.07, 6.45) is 3.27. The van der Waals surface area contributed by atoms with Gasteiger partial charge in [-0.15, -0.1) is 0 Å². The molecule has 1 aromatic carbocycles. The van der Waals surface area contributed by atoms with E-state index >= 15 is 0 Å². The van der Waals surface area contributed by atoms with E-state index in [-0.39, 0.29) is 24.2 Å². The molecule has 0 heterocycles. The molecule has 2 fully saturated rings. The number of benzene rings is 1. The topological polar surface area (TPSA) is 44.1 Å². The van der Waals surface area contributed by atoms with E-state index in [0.717, 1.165) is 24.7 Å². The second-order valence-corrected chi connectivity index (χ2v) is 6.04. The van der Waals surface area contributed by atoms with E-state index in [1.54, 1.807) is 11.9 Å². The van der Waals surface area contributed by atoms with Gasteiger partial charge in [0.2, 0.25) is 5.91 Å². The van der Waals surface area contributed by atoms with Gasteiger partial charge >= 0.3 is 0 Å². The lowest BCUT2D eigenvalue weighted by Gasteiger charge is -2.22. The van der Waals surface area contributed by atoms with Crippen molar-refractivity contribution in [3.63, 3.8) is 0 Å². The van der Waals surface area contributed by atoms with Gasteiger partial charge in [-0.25, -0.2) is 4.39 Å². The molecule has 3 rings (SSSR count). The Morgan fingerprint density at radius 3 is 2.75 bits per heavy atom. The number of hydrogen-bond acceptors (Lipinski definition) is 2. The van der Waals surface area contributed by atoms with Crippen molar-refractivity contribution in [2.75, 3.05) is 7.05 Å². The summed E-state index contributed by atoms with van der Waals surface area (Å²) in [5, 5.41) is 8.85. The molecule has 2 saturated carbocycles. The van der Waals surface area contributed by atoms with Gasteiger partial charge in [-0.05, 0) is 49.3 Å². The lowest BCUT2D eigenvalue weighted by atomic mass is 10.0. The van der Waals surface area contributed by atoms with E-state index in [2.05, 4.69) is 0 Å². The Kier molecular flexibility index (Phi) is 3.21. The normalized spacial score (nSPS) is 26.8. The molecule has 0 radical (unpaired) electrons. The predicted octanol–water partition coefficient (Wildman–Crippen LogP) is 2.70. The van der Waals surface area contributed by atoms with Crippen LogP contribution in [0.5, 0.6) is 0 Å². The second-order valence-electron chi connectivity index (χ2n) is 6.04. The fraction of sp³-hybridized carbons (Fsp3) is 0.500. The number of amides is 1. The molecule has 4 heteroatoms. The Bertz CT molecular complexity index is 583. The van der Waals surface area contributed by atoms with Crippen molar-refractivity contribution in [3.8, 4) is 6.07 Å². The Balaban J connectivity index is 1.67. The van der Waals surface area contributed by atoms with Crippen LogP contribution in [0.25, 0.3) is 0 Å². The number of hydrogen-bond donors (Lipinski definition) is 0. The van der Waals surface area contributed by atoms with Crippen LogP contribution in [0.3, 0.4) is 0 Å². The molecule has 2 aliphatic carbocycles. The molecule has 0 aromatic heterocycles. The van der Waals surface area contributed by atoms with Crippen molar-refractivity contribution in [2.45, 2.75) is 25.8 Å². The number of nitrogens with zero attached hydrogens (tertiary/aromatic N) is 2. The zero-order chi connectivity index (χ0) is 14.3. The van der Waals surface area contributed by atoms with E-state index in [4.69, 9.17) is 5.26 Å². The highest BCUT2D eigenvalue weighted by Gasteiger charge is 2.48. The summed E-state index contributed by atoms with van der Waals surface area (Å²) in [4.78, 5) is 13.9. The van der Waals surface area contributed by atoms with Crippen LogP contribution in [0.1, 0.15) is 30.4 Å². The number of halogens is 1. The Morgan fingerprint density at radius 2 is 2.10 bits per heavy atom. The Hall–Kier alpha value is -1.89. The van der Waals surface area contributed by atoms with Crippen LogP contribution < -0.4 is 0 Å². The van der Waals surface area contributed by atoms with Crippen molar-refractivity contribution < 1.29 is 9.18 Å². The molecule has 0 saturated heterocycles. The Labute approximate surface area is 118 Å². The molecule has 1 aromatic rings. The highest BCUT2D eigenvalue weighted by molar-refractivity contribution is 5.79. The molecular weight excluding hydrogens is 255 g/mol. The minimum atomic E-state index is -0.363. The third kappa shape index (κ3) is 2.40. The van der Waals surface area contributed by atoms with Gasteiger partial charge in [-0.2, -0.15) is 5.26 Å². The van der Waals surface area contributed by atoms with Crippen molar-refractivity contribution >= 4 is 5.91 Å². The second kappa shape index (κ2) is 4.90. The van der Waals surface area contributed by atoms with E-state index in [0.29, 0.717) is 11.1 Å². The molecule has 2 unspecified atom stereocenters. The lowest BCUT2D eigenvalue weighted by Crippen LogP contribution is -2.32. The molecule has 1 amide bonds. The van der Waals surface area contributed by atoms with Crippen LogP contribution in [-0.2, 0) is 11.3 Å². The van der Waals surface area contributed by atoms with E-state index in [1.807, 2.05) is 6.07 Å². The van der Waals surface area contributed by atoms with Gasteiger partial charge in [0.05, 0.1) is 11.6 Å². The molecule has 3 nitrogen and oxygen atoms in total. The molecule has 0 N–H and O–H groups in total. The third-order valence-corrected chi connectivity index (χ3v) is 4.55. The maximum atomic E-state index is 13.7. The molecule has 20 heavy (non-hydrogen) atoms. The molecule has 0 aliphatic heterocycles.